The molecule has 13 heteroatoms. The average Bonchev–Trinajstić information content (AvgIpc) is 3.49. The Balaban J connectivity index is 1.40. The van der Waals surface area contributed by atoms with Gasteiger partial charge < -0.3 is 24.5 Å². The maximum Gasteiger partial charge on any atom is 0.326 e. The van der Waals surface area contributed by atoms with Crippen LogP contribution in [0.2, 0.25) is 0 Å². The molecule has 2 aliphatic carbocycles. The minimum absolute atomic E-state index is 0.299. The molecule has 51 heavy (non-hydrogen) atoms. The summed E-state index contributed by atoms with van der Waals surface area (Å²) in [6.07, 6.45) is 16.3. The first-order valence-corrected chi connectivity index (χ1v) is 21.2. The van der Waals surface area contributed by atoms with Crippen LogP contribution in [0.15, 0.2) is 18.6 Å². The normalized spacial score (nSPS) is 23.4. The van der Waals surface area contributed by atoms with Crippen molar-refractivity contribution in [3.63, 3.8) is 0 Å². The predicted molar refractivity (Wildman–Crippen MR) is 202 cm³/mol. The molecule has 4 N–H and O–H groups in total. The monoisotopic (exact) mass is 732 g/mol. The number of ether oxygens (including phenoxy) is 3. The molecule has 12 nitrogen and oxygen atoms in total. The lowest BCUT2D eigenvalue weighted by molar-refractivity contribution is -0.151. The first-order chi connectivity index (χ1) is 24.1. The molecule has 288 valence electrons. The van der Waals surface area contributed by atoms with Crippen LogP contribution in [0.4, 0.5) is 5.69 Å². The number of esters is 2. The number of hydrogen-bond donors (Lipinski definition) is 3. The predicted octanol–water partition coefficient (Wildman–Crippen LogP) is 7.61. The summed E-state index contributed by atoms with van der Waals surface area (Å²) in [6.45, 7) is 13.9. The fraction of sp³-hybridized carbons (Fsp3) is 0.789. The van der Waals surface area contributed by atoms with E-state index in [1.54, 1.807) is 46.3 Å². The summed E-state index contributed by atoms with van der Waals surface area (Å²) in [5.41, 5.74) is 5.14. The molecule has 0 radical (unpaired) electrons. The van der Waals surface area contributed by atoms with E-state index in [2.05, 4.69) is 34.0 Å². The lowest BCUT2D eigenvalue weighted by Gasteiger charge is -2.36. The number of nitrogen functional groups attached to an aromatic ring is 1. The van der Waals surface area contributed by atoms with Crippen LogP contribution in [0.3, 0.4) is 0 Å². The molecule has 0 aromatic carbocycles. The lowest BCUT2D eigenvalue weighted by atomic mass is 9.80. The van der Waals surface area contributed by atoms with Gasteiger partial charge in [-0.2, -0.15) is 0 Å². The van der Waals surface area contributed by atoms with Crippen molar-refractivity contribution in [3.05, 3.63) is 18.6 Å². The van der Waals surface area contributed by atoms with E-state index in [1.165, 1.54) is 25.7 Å². The largest absolute Gasteiger partial charge is 0.464 e. The highest BCUT2D eigenvalue weighted by Crippen LogP contribution is 2.43. The SMILES string of the molecule is CCCC1CCC(COC(=O)C(C)(C)NP(=O)(CO[C@H](C)Cn2cnc3c(N)ccnc32)NC(C)(C)C(=O)OCC2CCC(CCC)CC2)CC1. The summed E-state index contributed by atoms with van der Waals surface area (Å²) in [7, 11) is -3.80. The Labute approximate surface area is 305 Å². The fourth-order valence-corrected chi connectivity index (χ4v) is 10.3. The van der Waals surface area contributed by atoms with Gasteiger partial charge in [0.05, 0.1) is 37.9 Å². The quantitative estimate of drug-likeness (QED) is 0.0964. The zero-order valence-corrected chi connectivity index (χ0v) is 33.1. The van der Waals surface area contributed by atoms with Crippen LogP contribution in [0.1, 0.15) is 126 Å². The van der Waals surface area contributed by atoms with E-state index in [4.69, 9.17) is 19.9 Å². The van der Waals surface area contributed by atoms with Gasteiger partial charge in [0.2, 0.25) is 7.44 Å². The average molecular weight is 733 g/mol. The zero-order chi connectivity index (χ0) is 37.2. The number of nitrogens with two attached hydrogens (primary N) is 1. The van der Waals surface area contributed by atoms with E-state index in [9.17, 15) is 14.2 Å². The Kier molecular flexibility index (Phi) is 14.9. The molecule has 2 saturated carbocycles. The molecule has 0 aliphatic heterocycles. The smallest absolute Gasteiger partial charge is 0.326 e. The summed E-state index contributed by atoms with van der Waals surface area (Å²) in [5, 5.41) is 6.11. The summed E-state index contributed by atoms with van der Waals surface area (Å²) in [6, 6.07) is 1.70. The van der Waals surface area contributed by atoms with E-state index in [-0.39, 0.29) is 6.35 Å². The second kappa shape index (κ2) is 18.5. The maximum absolute atomic E-state index is 14.8. The van der Waals surface area contributed by atoms with Gasteiger partial charge in [0.1, 0.15) is 22.9 Å². The lowest BCUT2D eigenvalue weighted by Crippen LogP contribution is -2.54. The number of carbonyl (C=O) groups is 2. The molecule has 2 aromatic rings. The third-order valence-electron chi connectivity index (χ3n) is 10.7. The van der Waals surface area contributed by atoms with Crippen LogP contribution in [0.5, 0.6) is 0 Å². The van der Waals surface area contributed by atoms with Crippen molar-refractivity contribution >= 4 is 36.2 Å². The van der Waals surface area contributed by atoms with Crippen molar-refractivity contribution in [1.82, 2.24) is 24.7 Å². The van der Waals surface area contributed by atoms with Crippen molar-refractivity contribution < 1.29 is 28.4 Å². The Morgan fingerprint density at radius 3 is 1.80 bits per heavy atom. The molecule has 1 atom stereocenters. The number of pyridine rings is 1. The number of carbonyl (C=O) groups excluding carboxylic acids is 2. The van der Waals surface area contributed by atoms with Gasteiger partial charge in [-0.25, -0.2) is 20.1 Å². The van der Waals surface area contributed by atoms with Gasteiger partial charge in [-0.1, -0.05) is 65.2 Å². The zero-order valence-electron chi connectivity index (χ0n) is 32.2. The number of fused-ring (bicyclic) bond motifs is 1. The number of nitrogens with one attached hydrogen (secondary N) is 2. The second-order valence-corrected chi connectivity index (χ2v) is 18.5. The number of rotatable bonds is 19. The third kappa shape index (κ3) is 12.0. The number of anilines is 1. The first kappa shape index (κ1) is 41.2. The highest BCUT2D eigenvalue weighted by Gasteiger charge is 2.43. The van der Waals surface area contributed by atoms with Crippen molar-refractivity contribution in [1.29, 1.82) is 0 Å². The van der Waals surface area contributed by atoms with Crippen LogP contribution in [-0.4, -0.2) is 63.2 Å². The van der Waals surface area contributed by atoms with Crippen LogP contribution in [-0.2, 0) is 34.9 Å². The molecule has 2 aromatic heterocycles. The van der Waals surface area contributed by atoms with Gasteiger partial charge in [-0.15, -0.1) is 0 Å². The highest BCUT2D eigenvalue weighted by molar-refractivity contribution is 7.59. The van der Waals surface area contributed by atoms with Crippen molar-refractivity contribution in [3.8, 4) is 0 Å². The number of hydrogen-bond acceptors (Lipinski definition) is 9. The van der Waals surface area contributed by atoms with Crippen LogP contribution in [0, 0.1) is 23.7 Å². The molecule has 2 aliphatic rings. The molecule has 2 heterocycles. The minimum Gasteiger partial charge on any atom is -0.464 e. The van der Waals surface area contributed by atoms with Crippen LogP contribution in [0.25, 0.3) is 11.2 Å². The number of nitrogens with zero attached hydrogens (tertiary/aromatic N) is 3. The topological polar surface area (TPSA) is 160 Å². The molecular weight excluding hydrogens is 667 g/mol. The second-order valence-electron chi connectivity index (χ2n) is 16.3. The Hall–Kier alpha value is -2.53. The Morgan fingerprint density at radius 2 is 1.33 bits per heavy atom. The molecule has 2 fully saturated rings. The fourth-order valence-electron chi connectivity index (χ4n) is 7.70. The van der Waals surface area contributed by atoms with Gasteiger partial charge in [-0.05, 0) is 90.0 Å². The standard InChI is InChI=1S/C38H65N6O6P/c1-8-10-28-12-16-30(17-13-28)23-48-35(45)37(4,5)42-51(47,26-50-27(3)22-44-25-41-33-32(39)20-21-40-34(33)44)43-38(6,7)36(46)49-24-31-18-14-29(11-9-2)15-19-31/h20-21,25,27-31H,8-19,22-24,26H2,1-7H3,(H2,39,40)(H2,42,43,47)/t27-,28?,29?,30?,31?,51?/m1/s1. The summed E-state index contributed by atoms with van der Waals surface area (Å²) < 4.78 is 34.5. The molecule has 0 unspecified atom stereocenters. The molecule has 0 spiro atoms. The van der Waals surface area contributed by atoms with E-state index in [0.717, 1.165) is 63.2 Å². The first-order valence-electron chi connectivity index (χ1n) is 19.3. The molecule has 0 bridgehead atoms. The summed E-state index contributed by atoms with van der Waals surface area (Å²) >= 11 is 0. The van der Waals surface area contributed by atoms with E-state index >= 15 is 0 Å². The van der Waals surface area contributed by atoms with Crippen LogP contribution >= 0.6 is 7.44 Å². The summed E-state index contributed by atoms with van der Waals surface area (Å²) in [5.74, 6) is 1.17. The van der Waals surface area contributed by atoms with E-state index in [1.807, 2.05) is 11.5 Å². The Morgan fingerprint density at radius 1 is 0.863 bits per heavy atom. The van der Waals surface area contributed by atoms with Crippen molar-refractivity contribution in [2.45, 2.75) is 149 Å². The van der Waals surface area contributed by atoms with Gasteiger partial charge >= 0.3 is 11.9 Å². The van der Waals surface area contributed by atoms with E-state index in [0.29, 0.717) is 48.4 Å². The minimum atomic E-state index is -3.80. The number of aromatic nitrogens is 3. The highest BCUT2D eigenvalue weighted by atomic mass is 31.2. The third-order valence-corrected chi connectivity index (χ3v) is 13.0. The molecule has 0 amide bonds. The van der Waals surface area contributed by atoms with Crippen LogP contribution < -0.4 is 15.9 Å². The molecular formula is C38H65N6O6P. The van der Waals surface area contributed by atoms with Gasteiger partial charge in [0.15, 0.2) is 5.65 Å². The summed E-state index contributed by atoms with van der Waals surface area (Å²) in [4.78, 5) is 35.8. The van der Waals surface area contributed by atoms with Gasteiger partial charge in [0.25, 0.3) is 0 Å². The van der Waals surface area contributed by atoms with Crippen molar-refractivity contribution in [2.24, 2.45) is 23.7 Å². The molecule has 4 rings (SSSR count). The molecule has 0 saturated heterocycles. The van der Waals surface area contributed by atoms with Gasteiger partial charge in [-0.3, -0.25) is 14.2 Å². The van der Waals surface area contributed by atoms with Crippen molar-refractivity contribution in [2.75, 3.05) is 25.3 Å². The van der Waals surface area contributed by atoms with Gasteiger partial charge in [0, 0.05) is 6.20 Å². The Bertz CT molecular complexity index is 1400. The maximum atomic E-state index is 14.8. The van der Waals surface area contributed by atoms with E-state index < -0.39 is 36.6 Å². The number of imidazole rings is 1.